The van der Waals surface area contributed by atoms with Gasteiger partial charge in [-0.1, -0.05) is 143 Å². The summed E-state index contributed by atoms with van der Waals surface area (Å²) in [4.78, 5) is 0. The molecule has 1 N–H and O–H groups in total. The normalized spacial score (nSPS) is 12.6. The molecule has 0 fully saturated rings. The minimum atomic E-state index is -1.41. The van der Waals surface area contributed by atoms with Crippen molar-refractivity contribution in [2.75, 3.05) is 14.2 Å². The highest BCUT2D eigenvalue weighted by Crippen LogP contribution is 2.45. The van der Waals surface area contributed by atoms with Crippen LogP contribution < -0.4 is 9.47 Å². The average molecular weight is 587 g/mol. The van der Waals surface area contributed by atoms with Crippen molar-refractivity contribution < 1.29 is 14.6 Å². The van der Waals surface area contributed by atoms with Crippen LogP contribution in [0.25, 0.3) is 21.9 Å². The second-order valence-electron chi connectivity index (χ2n) is 11.8. The Balaban J connectivity index is 1.53. The number of aliphatic hydroxyl groups is 1. The minimum absolute atomic E-state index is 0.697. The molecule has 0 aliphatic heterocycles. The van der Waals surface area contributed by atoms with Gasteiger partial charge in [-0.2, -0.15) is 0 Å². The number of aryl methyl sites for hydroxylation is 1. The highest BCUT2D eigenvalue weighted by Gasteiger charge is 2.37. The van der Waals surface area contributed by atoms with Gasteiger partial charge >= 0.3 is 0 Å². The van der Waals surface area contributed by atoms with Gasteiger partial charge in [-0.15, -0.1) is 0 Å². The molecular formula is C41H46O3. The summed E-state index contributed by atoms with van der Waals surface area (Å²) in [5.41, 5.74) is 4.28. The van der Waals surface area contributed by atoms with Crippen LogP contribution >= 0.6 is 0 Å². The van der Waals surface area contributed by atoms with Gasteiger partial charge in [0.25, 0.3) is 0 Å². The maximum Gasteiger partial charge on any atom is 0.141 e. The first-order valence-electron chi connectivity index (χ1n) is 16.2. The van der Waals surface area contributed by atoms with Crippen LogP contribution in [0.3, 0.4) is 0 Å². The van der Waals surface area contributed by atoms with Crippen molar-refractivity contribution in [1.29, 1.82) is 0 Å². The predicted molar refractivity (Wildman–Crippen MR) is 184 cm³/mol. The van der Waals surface area contributed by atoms with Gasteiger partial charge in [0.2, 0.25) is 0 Å². The third-order valence-electron chi connectivity index (χ3n) is 8.89. The van der Waals surface area contributed by atoms with Gasteiger partial charge in [0.05, 0.1) is 14.2 Å². The van der Waals surface area contributed by atoms with Gasteiger partial charge in [0.1, 0.15) is 17.1 Å². The zero-order valence-corrected chi connectivity index (χ0v) is 26.5. The summed E-state index contributed by atoms with van der Waals surface area (Å²) >= 11 is 0. The van der Waals surface area contributed by atoms with E-state index in [1.165, 1.54) is 56.9 Å². The molecule has 0 aliphatic carbocycles. The summed E-state index contributed by atoms with van der Waals surface area (Å²) in [6.07, 6.45) is 11.6. The Morgan fingerprint density at radius 3 is 1.86 bits per heavy atom. The van der Waals surface area contributed by atoms with Crippen molar-refractivity contribution in [3.05, 3.63) is 131 Å². The molecule has 5 aromatic rings. The topological polar surface area (TPSA) is 38.7 Å². The summed E-state index contributed by atoms with van der Waals surface area (Å²) in [5, 5.41) is 15.1. The molecule has 1 atom stereocenters. The van der Waals surface area contributed by atoms with E-state index in [9.17, 15) is 5.11 Å². The van der Waals surface area contributed by atoms with Gasteiger partial charge in [-0.05, 0) is 64.2 Å². The lowest BCUT2D eigenvalue weighted by molar-refractivity contribution is 0.126. The van der Waals surface area contributed by atoms with Crippen LogP contribution in [0, 0.1) is 0 Å². The summed E-state index contributed by atoms with van der Waals surface area (Å²) in [7, 11) is 3.37. The Morgan fingerprint density at radius 1 is 0.568 bits per heavy atom. The number of unbranched alkanes of at least 4 members (excludes halogenated alkanes) is 7. The fourth-order valence-corrected chi connectivity index (χ4v) is 6.40. The van der Waals surface area contributed by atoms with Crippen LogP contribution in [0.1, 0.15) is 80.5 Å². The molecular weight excluding hydrogens is 540 g/mol. The minimum Gasteiger partial charge on any atom is -0.497 e. The van der Waals surface area contributed by atoms with Crippen LogP contribution in [0.2, 0.25) is 0 Å². The van der Waals surface area contributed by atoms with Gasteiger partial charge in [-0.3, -0.25) is 0 Å². The predicted octanol–water partition coefficient (Wildman–Crippen LogP) is 10.5. The molecule has 0 aromatic heterocycles. The third kappa shape index (κ3) is 6.84. The molecule has 3 nitrogen and oxygen atoms in total. The van der Waals surface area contributed by atoms with Crippen molar-refractivity contribution in [3.63, 3.8) is 0 Å². The molecule has 228 valence electrons. The Labute approximate surface area is 263 Å². The number of hydrogen-bond acceptors (Lipinski definition) is 3. The van der Waals surface area contributed by atoms with Crippen LogP contribution in [-0.2, 0) is 12.0 Å². The molecule has 0 saturated carbocycles. The summed E-state index contributed by atoms with van der Waals surface area (Å²) in [6, 6.07) is 36.9. The number of methoxy groups -OCH3 is 2. The highest BCUT2D eigenvalue weighted by molar-refractivity contribution is 6.01. The van der Waals surface area contributed by atoms with Crippen LogP contribution in [-0.4, -0.2) is 19.3 Å². The molecule has 0 aliphatic rings. The Hall–Kier alpha value is -4.08. The Bertz CT molecular complexity index is 1620. The van der Waals surface area contributed by atoms with Gasteiger partial charge in [0, 0.05) is 10.9 Å². The molecule has 44 heavy (non-hydrogen) atoms. The molecule has 0 radical (unpaired) electrons. The molecule has 5 rings (SSSR count). The molecule has 0 saturated heterocycles. The fraction of sp³-hybridized carbons (Fsp3) is 0.317. The SMILES string of the molecule is CCCCCCCCCCc1ccc(C(O)(c2ccccc2)c2cc(OC)ccc2-c2ccc(OC)c3ccccc23)cc1. The van der Waals surface area contributed by atoms with E-state index in [1.54, 1.807) is 14.2 Å². The van der Waals surface area contributed by atoms with Crippen LogP contribution in [0.5, 0.6) is 11.5 Å². The third-order valence-corrected chi connectivity index (χ3v) is 8.89. The molecule has 0 heterocycles. The molecule has 0 amide bonds. The zero-order chi connectivity index (χ0) is 30.8. The quantitative estimate of drug-likeness (QED) is 0.0980. The number of fused-ring (bicyclic) bond motifs is 1. The van der Waals surface area contributed by atoms with E-state index in [2.05, 4.69) is 55.5 Å². The van der Waals surface area contributed by atoms with Gasteiger partial charge in [0.15, 0.2) is 0 Å². The lowest BCUT2D eigenvalue weighted by Gasteiger charge is -2.33. The molecule has 3 heteroatoms. The maximum atomic E-state index is 13.0. The lowest BCUT2D eigenvalue weighted by atomic mass is 9.76. The lowest BCUT2D eigenvalue weighted by Crippen LogP contribution is -2.29. The first-order valence-corrected chi connectivity index (χ1v) is 16.2. The van der Waals surface area contributed by atoms with Gasteiger partial charge in [-0.25, -0.2) is 0 Å². The van der Waals surface area contributed by atoms with Gasteiger partial charge < -0.3 is 14.6 Å². The smallest absolute Gasteiger partial charge is 0.141 e. The van der Waals surface area contributed by atoms with E-state index in [0.717, 1.165) is 50.8 Å². The molecule has 5 aromatic carbocycles. The highest BCUT2D eigenvalue weighted by atomic mass is 16.5. The Morgan fingerprint density at radius 2 is 1.18 bits per heavy atom. The summed E-state index contributed by atoms with van der Waals surface area (Å²) in [6.45, 7) is 2.27. The first-order chi connectivity index (χ1) is 21.6. The molecule has 1 unspecified atom stereocenters. The van der Waals surface area contributed by atoms with E-state index in [-0.39, 0.29) is 0 Å². The fourth-order valence-electron chi connectivity index (χ4n) is 6.40. The standard InChI is InChI=1S/C41H46O3/c1-4-5-6-7-8-9-10-12-17-31-22-24-33(25-23-31)41(42,32-18-13-11-14-19-32)39-30-34(43-2)26-27-37(39)36-28-29-40(44-3)38-21-16-15-20-35(36)38/h11,13-16,18-30,42H,4-10,12,17H2,1-3H3. The van der Waals surface area contributed by atoms with Crippen LogP contribution in [0.4, 0.5) is 0 Å². The number of benzene rings is 5. The van der Waals surface area contributed by atoms with Crippen LogP contribution in [0.15, 0.2) is 109 Å². The zero-order valence-electron chi connectivity index (χ0n) is 26.5. The van der Waals surface area contributed by atoms with E-state index in [1.807, 2.05) is 60.7 Å². The number of hydrogen-bond donors (Lipinski definition) is 1. The van der Waals surface area contributed by atoms with E-state index in [4.69, 9.17) is 9.47 Å². The van der Waals surface area contributed by atoms with Crippen molar-refractivity contribution in [2.24, 2.45) is 0 Å². The van der Waals surface area contributed by atoms with E-state index >= 15 is 0 Å². The van der Waals surface area contributed by atoms with E-state index < -0.39 is 5.60 Å². The number of rotatable bonds is 15. The Kier molecular flexibility index (Phi) is 10.7. The molecule has 0 spiro atoms. The van der Waals surface area contributed by atoms with Crippen molar-refractivity contribution >= 4 is 10.8 Å². The largest absolute Gasteiger partial charge is 0.497 e. The second-order valence-corrected chi connectivity index (χ2v) is 11.8. The average Bonchev–Trinajstić information content (AvgIpc) is 3.09. The maximum absolute atomic E-state index is 13.0. The second kappa shape index (κ2) is 15.1. The number of ether oxygens (including phenoxy) is 2. The monoisotopic (exact) mass is 586 g/mol. The summed E-state index contributed by atoms with van der Waals surface area (Å²) in [5.74, 6) is 1.52. The van der Waals surface area contributed by atoms with E-state index in [0.29, 0.717) is 5.75 Å². The van der Waals surface area contributed by atoms with Crippen molar-refractivity contribution in [1.82, 2.24) is 0 Å². The molecule has 0 bridgehead atoms. The summed E-state index contributed by atoms with van der Waals surface area (Å²) < 4.78 is 11.4. The van der Waals surface area contributed by atoms with Crippen molar-refractivity contribution in [3.8, 4) is 22.6 Å². The van der Waals surface area contributed by atoms with Crippen molar-refractivity contribution in [2.45, 2.75) is 70.3 Å². The first kappa shape index (κ1) is 31.3.